The predicted molar refractivity (Wildman–Crippen MR) is 136 cm³/mol. The van der Waals surface area contributed by atoms with E-state index in [0.29, 0.717) is 36.8 Å². The van der Waals surface area contributed by atoms with Crippen LogP contribution in [0.5, 0.6) is 11.5 Å². The van der Waals surface area contributed by atoms with E-state index in [-0.39, 0.29) is 38.5 Å². The standard InChI is InChI=1S/C27H26N6O6/c34-8-10-37-9-7-31-13-17(29-30-31)14-32-26(35)21-12-19-18-3-1-2-4-20(18)28-24(19)25(33(21)27(32)36)16-5-6-22-23(11-16)39-15-38-22/h1-6,11,13,21,25,28,34H,7-10,12,14-15H2/t21-,25+/m0/s1. The van der Waals surface area contributed by atoms with Crippen molar-refractivity contribution >= 4 is 22.8 Å². The normalized spacial score (nSPS) is 19.7. The molecule has 3 amide bonds. The minimum Gasteiger partial charge on any atom is -0.454 e. The molecule has 2 N–H and O–H groups in total. The number of amides is 3. The number of hydrogen-bond acceptors (Lipinski definition) is 8. The van der Waals surface area contributed by atoms with Gasteiger partial charge in [0, 0.05) is 23.0 Å². The third-order valence-electron chi connectivity index (χ3n) is 7.45. The van der Waals surface area contributed by atoms with Crippen LogP contribution in [0.3, 0.4) is 0 Å². The van der Waals surface area contributed by atoms with Crippen LogP contribution in [-0.2, 0) is 29.0 Å². The fraction of sp³-hybridized carbons (Fsp3) is 0.333. The van der Waals surface area contributed by atoms with Crippen LogP contribution in [0.4, 0.5) is 4.79 Å². The largest absolute Gasteiger partial charge is 0.454 e. The van der Waals surface area contributed by atoms with Crippen molar-refractivity contribution in [3.63, 3.8) is 0 Å². The molecule has 200 valence electrons. The number of imide groups is 1. The number of carbonyl (C=O) groups is 2. The van der Waals surface area contributed by atoms with Crippen molar-refractivity contribution in [1.82, 2.24) is 29.8 Å². The van der Waals surface area contributed by atoms with Gasteiger partial charge in [-0.2, -0.15) is 0 Å². The van der Waals surface area contributed by atoms with Gasteiger partial charge in [-0.25, -0.2) is 9.48 Å². The van der Waals surface area contributed by atoms with Gasteiger partial charge in [-0.1, -0.05) is 29.5 Å². The number of aliphatic hydroxyl groups excluding tert-OH is 1. The van der Waals surface area contributed by atoms with Gasteiger partial charge in [0.2, 0.25) is 6.79 Å². The van der Waals surface area contributed by atoms with E-state index in [1.807, 2.05) is 42.5 Å². The molecule has 1 fully saturated rings. The first-order chi connectivity index (χ1) is 19.1. The second-order valence-electron chi connectivity index (χ2n) is 9.72. The van der Waals surface area contributed by atoms with E-state index in [1.165, 1.54) is 4.90 Å². The summed E-state index contributed by atoms with van der Waals surface area (Å²) in [7, 11) is 0. The fourth-order valence-electron chi connectivity index (χ4n) is 5.71. The number of nitrogens with one attached hydrogen (secondary N) is 1. The highest BCUT2D eigenvalue weighted by atomic mass is 16.7. The lowest BCUT2D eigenvalue weighted by Crippen LogP contribution is -2.44. The van der Waals surface area contributed by atoms with Gasteiger partial charge in [-0.15, -0.1) is 5.10 Å². The molecule has 7 rings (SSSR count). The van der Waals surface area contributed by atoms with E-state index >= 15 is 0 Å². The zero-order valence-electron chi connectivity index (χ0n) is 20.9. The van der Waals surface area contributed by atoms with Gasteiger partial charge in [0.1, 0.15) is 17.8 Å². The van der Waals surface area contributed by atoms with E-state index in [9.17, 15) is 9.59 Å². The van der Waals surface area contributed by atoms with Gasteiger partial charge in [0.05, 0.1) is 39.1 Å². The molecule has 12 heteroatoms. The number of ether oxygens (including phenoxy) is 3. The Morgan fingerprint density at radius 1 is 1.10 bits per heavy atom. The summed E-state index contributed by atoms with van der Waals surface area (Å²) in [6, 6.07) is 12.1. The van der Waals surface area contributed by atoms with Crippen molar-refractivity contribution in [3.8, 4) is 11.5 Å². The number of aromatic nitrogens is 4. The molecule has 0 spiro atoms. The molecule has 3 aliphatic rings. The zero-order valence-corrected chi connectivity index (χ0v) is 20.9. The number of hydrogen-bond donors (Lipinski definition) is 2. The molecule has 2 atom stereocenters. The monoisotopic (exact) mass is 530 g/mol. The lowest BCUT2D eigenvalue weighted by atomic mass is 9.88. The molecular weight excluding hydrogens is 504 g/mol. The SMILES string of the molecule is O=C1[C@@H]2Cc3c([nH]c4ccccc34)[C@@H](c3ccc4c(c3)OCO4)N2C(=O)N1Cc1cn(CCOCCO)nn1. The van der Waals surface area contributed by atoms with Crippen LogP contribution in [0.15, 0.2) is 48.7 Å². The molecule has 3 aliphatic heterocycles. The van der Waals surface area contributed by atoms with Gasteiger partial charge in [0.25, 0.3) is 5.91 Å². The summed E-state index contributed by atoms with van der Waals surface area (Å²) >= 11 is 0. The quantitative estimate of drug-likeness (QED) is 0.261. The second kappa shape index (κ2) is 9.40. The molecule has 12 nitrogen and oxygen atoms in total. The highest BCUT2D eigenvalue weighted by molar-refractivity contribution is 6.05. The minimum absolute atomic E-state index is 0.0186. The number of aromatic amines is 1. The molecule has 39 heavy (non-hydrogen) atoms. The smallest absolute Gasteiger partial charge is 0.328 e. The van der Waals surface area contributed by atoms with E-state index in [1.54, 1.807) is 15.8 Å². The molecule has 0 saturated carbocycles. The van der Waals surface area contributed by atoms with Crippen molar-refractivity contribution in [3.05, 3.63) is 71.2 Å². The van der Waals surface area contributed by atoms with E-state index < -0.39 is 12.1 Å². The number of H-pyrrole nitrogens is 1. The lowest BCUT2D eigenvalue weighted by Gasteiger charge is -2.36. The van der Waals surface area contributed by atoms with Crippen LogP contribution in [-0.4, -0.2) is 79.5 Å². The maximum atomic E-state index is 13.9. The third kappa shape index (κ3) is 3.91. The van der Waals surface area contributed by atoms with Gasteiger partial charge in [-0.3, -0.25) is 14.6 Å². The summed E-state index contributed by atoms with van der Waals surface area (Å²) in [4.78, 5) is 34.1. The van der Waals surface area contributed by atoms with Crippen LogP contribution in [0.25, 0.3) is 10.9 Å². The average Bonchev–Trinajstić information content (AvgIpc) is 3.73. The number of nitrogens with zero attached hydrogens (tertiary/aromatic N) is 5. The summed E-state index contributed by atoms with van der Waals surface area (Å²) in [5.74, 6) is 1.00. The third-order valence-corrected chi connectivity index (χ3v) is 7.45. The van der Waals surface area contributed by atoms with Crippen molar-refractivity contribution in [1.29, 1.82) is 0 Å². The number of rotatable bonds is 8. The van der Waals surface area contributed by atoms with Gasteiger partial charge in [0.15, 0.2) is 11.5 Å². The van der Waals surface area contributed by atoms with E-state index in [0.717, 1.165) is 27.7 Å². The summed E-state index contributed by atoms with van der Waals surface area (Å²) in [5.41, 5.74) is 4.22. The molecular formula is C27H26N6O6. The Morgan fingerprint density at radius 2 is 1.97 bits per heavy atom. The molecule has 0 radical (unpaired) electrons. The molecule has 4 aromatic rings. The molecule has 0 bridgehead atoms. The number of para-hydroxylation sites is 1. The Bertz CT molecular complexity index is 1580. The van der Waals surface area contributed by atoms with Crippen LogP contribution in [0.1, 0.15) is 28.6 Å². The van der Waals surface area contributed by atoms with Crippen LogP contribution >= 0.6 is 0 Å². The Labute approximate surface area is 222 Å². The van der Waals surface area contributed by atoms with Crippen LogP contribution in [0, 0.1) is 0 Å². The topological polar surface area (TPSA) is 135 Å². The van der Waals surface area contributed by atoms with Crippen molar-refractivity contribution in [2.75, 3.05) is 26.6 Å². The van der Waals surface area contributed by atoms with E-state index in [2.05, 4.69) is 15.3 Å². The second-order valence-corrected chi connectivity index (χ2v) is 9.72. The summed E-state index contributed by atoms with van der Waals surface area (Å²) in [6.07, 6.45) is 2.11. The van der Waals surface area contributed by atoms with Gasteiger partial charge >= 0.3 is 6.03 Å². The summed E-state index contributed by atoms with van der Waals surface area (Å²) < 4.78 is 18.0. The number of aliphatic hydroxyl groups is 1. The number of fused-ring (bicyclic) bond motifs is 5. The molecule has 5 heterocycles. The Morgan fingerprint density at radius 3 is 2.87 bits per heavy atom. The Balaban J connectivity index is 1.22. The summed E-state index contributed by atoms with van der Waals surface area (Å²) in [5, 5.41) is 18.1. The Hall–Kier alpha value is -4.42. The van der Waals surface area contributed by atoms with Crippen molar-refractivity contribution in [2.24, 2.45) is 0 Å². The maximum absolute atomic E-state index is 13.9. The summed E-state index contributed by atoms with van der Waals surface area (Å²) in [6.45, 7) is 1.17. The first kappa shape index (κ1) is 23.7. The number of carbonyl (C=O) groups excluding carboxylic acids is 2. The lowest BCUT2D eigenvalue weighted by molar-refractivity contribution is -0.129. The highest BCUT2D eigenvalue weighted by Crippen LogP contribution is 2.46. The number of urea groups is 1. The number of benzene rings is 2. The predicted octanol–water partition coefficient (Wildman–Crippen LogP) is 1.98. The fourth-order valence-corrected chi connectivity index (χ4v) is 5.71. The maximum Gasteiger partial charge on any atom is 0.328 e. The van der Waals surface area contributed by atoms with Crippen LogP contribution < -0.4 is 9.47 Å². The molecule has 0 aliphatic carbocycles. The van der Waals surface area contributed by atoms with E-state index in [4.69, 9.17) is 19.3 Å². The molecule has 2 aromatic heterocycles. The van der Waals surface area contributed by atoms with Gasteiger partial charge < -0.3 is 24.3 Å². The molecule has 2 aromatic carbocycles. The van der Waals surface area contributed by atoms with Crippen LogP contribution in [0.2, 0.25) is 0 Å². The molecule has 0 unspecified atom stereocenters. The van der Waals surface area contributed by atoms with Crippen molar-refractivity contribution in [2.45, 2.75) is 31.6 Å². The minimum atomic E-state index is -0.651. The zero-order chi connectivity index (χ0) is 26.5. The Kier molecular flexibility index (Phi) is 5.71. The molecule has 1 saturated heterocycles. The first-order valence-corrected chi connectivity index (χ1v) is 12.8. The first-order valence-electron chi connectivity index (χ1n) is 12.8. The van der Waals surface area contributed by atoms with Gasteiger partial charge in [-0.05, 0) is 29.3 Å². The average molecular weight is 531 g/mol. The van der Waals surface area contributed by atoms with Crippen molar-refractivity contribution < 1.29 is 28.9 Å². The highest BCUT2D eigenvalue weighted by Gasteiger charge is 2.52.